The van der Waals surface area contributed by atoms with Crippen LogP contribution in [0.3, 0.4) is 0 Å². The monoisotopic (exact) mass is 227 g/mol. The minimum atomic E-state index is 0.209. The largest absolute Gasteiger partial charge is 0.366 e. The van der Waals surface area contributed by atoms with E-state index >= 15 is 0 Å². The van der Waals surface area contributed by atoms with Crippen LogP contribution in [0.5, 0.6) is 0 Å². The molecular weight excluding hydrogens is 210 g/mol. The van der Waals surface area contributed by atoms with E-state index in [1.54, 1.807) is 0 Å². The van der Waals surface area contributed by atoms with E-state index in [-0.39, 0.29) is 5.91 Å². The second kappa shape index (κ2) is 4.35. The van der Waals surface area contributed by atoms with E-state index in [1.807, 2.05) is 7.05 Å². The lowest BCUT2D eigenvalue weighted by Gasteiger charge is -2.42. The summed E-state index contributed by atoms with van der Waals surface area (Å²) in [5.41, 5.74) is 0. The Morgan fingerprint density at radius 2 is 2.40 bits per heavy atom. The molecule has 0 aromatic carbocycles. The molecule has 0 spiro atoms. The Balaban J connectivity index is 1.95. The van der Waals surface area contributed by atoms with Crippen molar-refractivity contribution in [1.29, 1.82) is 0 Å². The number of nitrogens with one attached hydrogen (secondary N) is 2. The van der Waals surface area contributed by atoms with Gasteiger partial charge in [0.1, 0.15) is 0 Å². The molecule has 0 aromatic heterocycles. The molecule has 2 fully saturated rings. The lowest BCUT2D eigenvalue weighted by Crippen LogP contribution is -2.56. The van der Waals surface area contributed by atoms with Crippen molar-refractivity contribution >= 4 is 23.2 Å². The highest BCUT2D eigenvalue weighted by Gasteiger charge is 2.34. The van der Waals surface area contributed by atoms with Gasteiger partial charge >= 0.3 is 0 Å². The normalized spacial score (nSPS) is 30.5. The van der Waals surface area contributed by atoms with Crippen LogP contribution in [0.1, 0.15) is 19.3 Å². The SMILES string of the molecule is CNC(=S)N1CCC2NC(=O)CCC2C1. The zero-order valence-corrected chi connectivity index (χ0v) is 9.77. The van der Waals surface area contributed by atoms with E-state index in [0.29, 0.717) is 18.4 Å². The summed E-state index contributed by atoms with van der Waals surface area (Å²) >= 11 is 5.22. The fraction of sp³-hybridized carbons (Fsp3) is 0.800. The van der Waals surface area contributed by atoms with E-state index in [2.05, 4.69) is 15.5 Å². The highest BCUT2D eigenvalue weighted by atomic mass is 32.1. The van der Waals surface area contributed by atoms with Gasteiger partial charge in [0.25, 0.3) is 0 Å². The maximum Gasteiger partial charge on any atom is 0.220 e. The van der Waals surface area contributed by atoms with Crippen molar-refractivity contribution in [2.24, 2.45) is 5.92 Å². The topological polar surface area (TPSA) is 44.4 Å². The van der Waals surface area contributed by atoms with Crippen LogP contribution < -0.4 is 10.6 Å². The predicted molar refractivity (Wildman–Crippen MR) is 62.5 cm³/mol. The standard InChI is InChI=1S/C10H17N3OS/c1-11-10(15)13-5-4-8-7(6-13)2-3-9(14)12-8/h7-8H,2-6H2,1H3,(H,11,15)(H,12,14). The van der Waals surface area contributed by atoms with Gasteiger partial charge in [-0.1, -0.05) is 0 Å². The summed E-state index contributed by atoms with van der Waals surface area (Å²) in [4.78, 5) is 13.4. The lowest BCUT2D eigenvalue weighted by molar-refractivity contribution is -0.125. The molecule has 0 radical (unpaired) electrons. The minimum Gasteiger partial charge on any atom is -0.366 e. The van der Waals surface area contributed by atoms with E-state index in [1.165, 1.54) is 0 Å². The fourth-order valence-electron chi connectivity index (χ4n) is 2.45. The molecule has 2 aliphatic rings. The molecule has 2 atom stereocenters. The third-order valence-electron chi connectivity index (χ3n) is 3.32. The van der Waals surface area contributed by atoms with Gasteiger partial charge in [0.05, 0.1) is 0 Å². The number of rotatable bonds is 0. The maximum atomic E-state index is 11.2. The van der Waals surface area contributed by atoms with Crippen LogP contribution in [0, 0.1) is 5.92 Å². The van der Waals surface area contributed by atoms with Crippen molar-refractivity contribution < 1.29 is 4.79 Å². The van der Waals surface area contributed by atoms with Gasteiger partial charge in [0.2, 0.25) is 5.91 Å². The summed E-state index contributed by atoms with van der Waals surface area (Å²) in [5.74, 6) is 0.781. The number of hydrogen-bond donors (Lipinski definition) is 2. The Hall–Kier alpha value is -0.840. The number of carbonyl (C=O) groups excluding carboxylic acids is 1. The number of nitrogens with zero attached hydrogens (tertiary/aromatic N) is 1. The van der Waals surface area contributed by atoms with Crippen LogP contribution in [0.4, 0.5) is 0 Å². The molecule has 2 rings (SSSR count). The first kappa shape index (κ1) is 10.7. The zero-order chi connectivity index (χ0) is 10.8. The zero-order valence-electron chi connectivity index (χ0n) is 8.95. The average Bonchev–Trinajstić information content (AvgIpc) is 2.27. The summed E-state index contributed by atoms with van der Waals surface area (Å²) in [6.07, 6.45) is 2.68. The average molecular weight is 227 g/mol. The van der Waals surface area contributed by atoms with Crippen molar-refractivity contribution in [3.8, 4) is 0 Å². The molecule has 2 heterocycles. The first-order chi connectivity index (χ1) is 7.20. The van der Waals surface area contributed by atoms with Gasteiger partial charge in [-0.15, -0.1) is 0 Å². The van der Waals surface area contributed by atoms with Crippen LogP contribution in [0.2, 0.25) is 0 Å². The van der Waals surface area contributed by atoms with Gasteiger partial charge in [-0.05, 0) is 31.0 Å². The van der Waals surface area contributed by atoms with E-state index in [9.17, 15) is 4.79 Å². The number of piperidine rings is 2. The third kappa shape index (κ3) is 2.22. The number of carbonyl (C=O) groups is 1. The van der Waals surface area contributed by atoms with Crippen LogP contribution >= 0.6 is 12.2 Å². The van der Waals surface area contributed by atoms with E-state index in [0.717, 1.165) is 31.0 Å². The Morgan fingerprint density at radius 1 is 1.60 bits per heavy atom. The van der Waals surface area contributed by atoms with E-state index < -0.39 is 0 Å². The predicted octanol–water partition coefficient (Wildman–Crippen LogP) is 0.0912. The Bertz CT molecular complexity index is 282. The molecule has 1 amide bonds. The molecule has 15 heavy (non-hydrogen) atoms. The Labute approximate surface area is 95.4 Å². The highest BCUT2D eigenvalue weighted by molar-refractivity contribution is 7.80. The molecule has 2 N–H and O–H groups in total. The minimum absolute atomic E-state index is 0.209. The Morgan fingerprint density at radius 3 is 3.13 bits per heavy atom. The number of amides is 1. The van der Waals surface area contributed by atoms with Crippen molar-refractivity contribution in [3.05, 3.63) is 0 Å². The van der Waals surface area contributed by atoms with Gasteiger partial charge < -0.3 is 15.5 Å². The molecule has 0 saturated carbocycles. The molecule has 2 aliphatic heterocycles. The maximum absolute atomic E-state index is 11.2. The highest BCUT2D eigenvalue weighted by Crippen LogP contribution is 2.25. The second-order valence-corrected chi connectivity index (χ2v) is 4.65. The smallest absolute Gasteiger partial charge is 0.220 e. The lowest BCUT2D eigenvalue weighted by atomic mass is 9.85. The van der Waals surface area contributed by atoms with Crippen LogP contribution in [0.15, 0.2) is 0 Å². The summed E-state index contributed by atoms with van der Waals surface area (Å²) in [6.45, 7) is 1.92. The third-order valence-corrected chi connectivity index (χ3v) is 3.79. The number of thiocarbonyl (C=S) groups is 1. The van der Waals surface area contributed by atoms with Gasteiger partial charge in [-0.2, -0.15) is 0 Å². The quantitative estimate of drug-likeness (QED) is 0.576. The van der Waals surface area contributed by atoms with Gasteiger partial charge in [-0.25, -0.2) is 0 Å². The van der Waals surface area contributed by atoms with Crippen LogP contribution in [0.25, 0.3) is 0 Å². The van der Waals surface area contributed by atoms with Crippen molar-refractivity contribution in [2.45, 2.75) is 25.3 Å². The number of likely N-dealkylation sites (tertiary alicyclic amines) is 1. The van der Waals surface area contributed by atoms with Crippen molar-refractivity contribution in [2.75, 3.05) is 20.1 Å². The second-order valence-electron chi connectivity index (χ2n) is 4.26. The number of hydrogen-bond acceptors (Lipinski definition) is 2. The molecule has 84 valence electrons. The molecule has 0 aromatic rings. The molecule has 4 nitrogen and oxygen atoms in total. The fourth-order valence-corrected chi connectivity index (χ4v) is 2.62. The van der Waals surface area contributed by atoms with Gasteiger partial charge in [-0.3, -0.25) is 4.79 Å². The summed E-state index contributed by atoms with van der Waals surface area (Å²) < 4.78 is 0. The molecule has 2 saturated heterocycles. The number of fused-ring (bicyclic) bond motifs is 1. The molecule has 2 unspecified atom stereocenters. The van der Waals surface area contributed by atoms with Gasteiger partial charge in [0.15, 0.2) is 5.11 Å². The summed E-state index contributed by atoms with van der Waals surface area (Å²) in [5, 5.41) is 6.90. The van der Waals surface area contributed by atoms with Crippen LogP contribution in [-0.4, -0.2) is 42.1 Å². The Kier molecular flexibility index (Phi) is 3.09. The summed E-state index contributed by atoms with van der Waals surface area (Å²) in [6, 6.07) is 0.377. The van der Waals surface area contributed by atoms with Crippen molar-refractivity contribution in [1.82, 2.24) is 15.5 Å². The first-order valence-corrected chi connectivity index (χ1v) is 5.87. The summed E-state index contributed by atoms with van der Waals surface area (Å²) in [7, 11) is 1.86. The first-order valence-electron chi connectivity index (χ1n) is 5.46. The molecule has 5 heteroatoms. The van der Waals surface area contributed by atoms with Crippen molar-refractivity contribution in [3.63, 3.8) is 0 Å². The van der Waals surface area contributed by atoms with Crippen LogP contribution in [-0.2, 0) is 4.79 Å². The molecular formula is C10H17N3OS. The van der Waals surface area contributed by atoms with E-state index in [4.69, 9.17) is 12.2 Å². The van der Waals surface area contributed by atoms with Gasteiger partial charge in [0, 0.05) is 32.6 Å². The molecule has 0 bridgehead atoms. The molecule has 0 aliphatic carbocycles.